The Labute approximate surface area is 203 Å². The van der Waals surface area contributed by atoms with E-state index in [1.54, 1.807) is 43.3 Å². The number of amides is 2. The van der Waals surface area contributed by atoms with Gasteiger partial charge in [-0.1, -0.05) is 18.2 Å². The zero-order chi connectivity index (χ0) is 25.4. The fourth-order valence-electron chi connectivity index (χ4n) is 3.45. The maximum Gasteiger partial charge on any atom is 0.344 e. The van der Waals surface area contributed by atoms with Crippen molar-refractivity contribution < 1.29 is 38.1 Å². The minimum atomic E-state index is -0.810. The Morgan fingerprint density at radius 3 is 2.37 bits per heavy atom. The minimum Gasteiger partial charge on any atom is -0.497 e. The third kappa shape index (κ3) is 6.44. The van der Waals surface area contributed by atoms with Crippen LogP contribution in [0.2, 0.25) is 0 Å². The Hall–Kier alpha value is -4.21. The molecule has 10 heteroatoms. The maximum absolute atomic E-state index is 12.8. The second-order valence-electron chi connectivity index (χ2n) is 7.52. The molecule has 0 bridgehead atoms. The van der Waals surface area contributed by atoms with E-state index in [2.05, 4.69) is 10.6 Å². The molecule has 1 atom stereocenters. The molecule has 1 aliphatic heterocycles. The summed E-state index contributed by atoms with van der Waals surface area (Å²) in [6.07, 6.45) is 0. The van der Waals surface area contributed by atoms with E-state index >= 15 is 0 Å². The van der Waals surface area contributed by atoms with Gasteiger partial charge < -0.3 is 34.3 Å². The van der Waals surface area contributed by atoms with Crippen molar-refractivity contribution in [2.24, 2.45) is 0 Å². The van der Waals surface area contributed by atoms with Crippen molar-refractivity contribution in [2.45, 2.75) is 19.9 Å². The highest BCUT2D eigenvalue weighted by molar-refractivity contribution is 5.95. The average molecular weight is 485 g/mol. The summed E-state index contributed by atoms with van der Waals surface area (Å²) >= 11 is 0. The fraction of sp³-hybridized carbons (Fsp3) is 0.320. The number of hydrogen-bond donors (Lipinski definition) is 2. The van der Waals surface area contributed by atoms with E-state index in [9.17, 15) is 14.4 Å². The number of hydrogen-bond acceptors (Lipinski definition) is 8. The lowest BCUT2D eigenvalue weighted by Gasteiger charge is -2.29. The SMILES string of the molecule is CCOC(=O)C1=C(COC(=O)COc2ccc(C)cc2OC)NC(=O)NC1c1ccc(OC)cc1. The molecule has 1 unspecified atom stereocenters. The van der Waals surface area contributed by atoms with Crippen molar-refractivity contribution in [3.05, 3.63) is 64.9 Å². The zero-order valence-electron chi connectivity index (χ0n) is 20.0. The molecule has 0 radical (unpaired) electrons. The van der Waals surface area contributed by atoms with Crippen molar-refractivity contribution in [3.8, 4) is 17.2 Å². The molecule has 0 spiro atoms. The summed E-state index contributed by atoms with van der Waals surface area (Å²) in [4.78, 5) is 37.5. The van der Waals surface area contributed by atoms with E-state index in [1.807, 2.05) is 13.0 Å². The summed E-state index contributed by atoms with van der Waals surface area (Å²) in [7, 11) is 3.04. The number of carbonyl (C=O) groups is 3. The molecule has 1 aliphatic rings. The smallest absolute Gasteiger partial charge is 0.344 e. The minimum absolute atomic E-state index is 0.120. The summed E-state index contributed by atoms with van der Waals surface area (Å²) in [5, 5.41) is 5.26. The first-order valence-electron chi connectivity index (χ1n) is 10.9. The second kappa shape index (κ2) is 11.8. The molecule has 186 valence electrons. The lowest BCUT2D eigenvalue weighted by Crippen LogP contribution is -2.47. The van der Waals surface area contributed by atoms with Crippen LogP contribution in [-0.4, -0.2) is 52.0 Å². The van der Waals surface area contributed by atoms with Crippen LogP contribution in [0.3, 0.4) is 0 Å². The number of esters is 2. The van der Waals surface area contributed by atoms with Gasteiger partial charge in [0.25, 0.3) is 0 Å². The van der Waals surface area contributed by atoms with Crippen LogP contribution in [0, 0.1) is 6.92 Å². The van der Waals surface area contributed by atoms with Gasteiger partial charge in [-0.05, 0) is 49.2 Å². The van der Waals surface area contributed by atoms with Crippen molar-refractivity contribution in [2.75, 3.05) is 34.0 Å². The highest BCUT2D eigenvalue weighted by Gasteiger charge is 2.34. The lowest BCUT2D eigenvalue weighted by molar-refractivity contribution is -0.145. The monoisotopic (exact) mass is 484 g/mol. The van der Waals surface area contributed by atoms with Crippen molar-refractivity contribution in [1.29, 1.82) is 0 Å². The number of nitrogens with one attached hydrogen (secondary N) is 2. The van der Waals surface area contributed by atoms with Gasteiger partial charge in [0.05, 0.1) is 38.1 Å². The van der Waals surface area contributed by atoms with Crippen LogP contribution in [0.1, 0.15) is 24.1 Å². The van der Waals surface area contributed by atoms with Crippen LogP contribution < -0.4 is 24.8 Å². The molecular formula is C25H28N2O8. The first-order chi connectivity index (χ1) is 16.9. The van der Waals surface area contributed by atoms with Crippen LogP contribution in [-0.2, 0) is 19.1 Å². The molecular weight excluding hydrogens is 456 g/mol. The molecule has 1 heterocycles. The van der Waals surface area contributed by atoms with Gasteiger partial charge in [0, 0.05) is 0 Å². The Morgan fingerprint density at radius 1 is 0.971 bits per heavy atom. The predicted molar refractivity (Wildman–Crippen MR) is 125 cm³/mol. The van der Waals surface area contributed by atoms with Crippen LogP contribution >= 0.6 is 0 Å². The van der Waals surface area contributed by atoms with Gasteiger partial charge in [-0.2, -0.15) is 0 Å². The number of rotatable bonds is 10. The van der Waals surface area contributed by atoms with Gasteiger partial charge in [0.15, 0.2) is 18.1 Å². The molecule has 2 N–H and O–H groups in total. The predicted octanol–water partition coefficient (Wildman–Crippen LogP) is 2.81. The summed E-state index contributed by atoms with van der Waals surface area (Å²) in [6, 6.07) is 10.8. The maximum atomic E-state index is 12.8. The van der Waals surface area contributed by atoms with Gasteiger partial charge in [0.2, 0.25) is 0 Å². The van der Waals surface area contributed by atoms with Gasteiger partial charge in [-0.25, -0.2) is 14.4 Å². The molecule has 0 aromatic heterocycles. The largest absolute Gasteiger partial charge is 0.497 e. The molecule has 35 heavy (non-hydrogen) atoms. The van der Waals surface area contributed by atoms with E-state index in [0.717, 1.165) is 5.56 Å². The molecule has 0 fully saturated rings. The molecule has 0 saturated heterocycles. The molecule has 0 aliphatic carbocycles. The van der Waals surface area contributed by atoms with Gasteiger partial charge in [0.1, 0.15) is 12.4 Å². The summed E-state index contributed by atoms with van der Waals surface area (Å²) in [6.45, 7) is 2.95. The van der Waals surface area contributed by atoms with Gasteiger partial charge in [-0.3, -0.25) is 0 Å². The molecule has 3 rings (SSSR count). The molecule has 2 amide bonds. The number of carbonyl (C=O) groups excluding carboxylic acids is 3. The summed E-state index contributed by atoms with van der Waals surface area (Å²) in [5.41, 5.74) is 1.85. The van der Waals surface area contributed by atoms with Crippen molar-refractivity contribution >= 4 is 18.0 Å². The van der Waals surface area contributed by atoms with E-state index in [-0.39, 0.29) is 24.5 Å². The Balaban J connectivity index is 1.77. The highest BCUT2D eigenvalue weighted by atomic mass is 16.6. The number of benzene rings is 2. The highest BCUT2D eigenvalue weighted by Crippen LogP contribution is 2.30. The first kappa shape index (κ1) is 25.4. The normalized spacial score (nSPS) is 15.0. The zero-order valence-corrected chi connectivity index (χ0v) is 20.0. The van der Waals surface area contributed by atoms with Gasteiger partial charge >= 0.3 is 18.0 Å². The quantitative estimate of drug-likeness (QED) is 0.494. The number of ether oxygens (including phenoxy) is 5. The average Bonchev–Trinajstić information content (AvgIpc) is 2.86. The lowest BCUT2D eigenvalue weighted by atomic mass is 9.95. The first-order valence-corrected chi connectivity index (χ1v) is 10.9. The van der Waals surface area contributed by atoms with Crippen LogP contribution in [0.25, 0.3) is 0 Å². The topological polar surface area (TPSA) is 121 Å². The fourth-order valence-corrected chi connectivity index (χ4v) is 3.45. The third-order valence-corrected chi connectivity index (χ3v) is 5.14. The Morgan fingerprint density at radius 2 is 1.71 bits per heavy atom. The van der Waals surface area contributed by atoms with Crippen LogP contribution in [0.4, 0.5) is 4.79 Å². The summed E-state index contributed by atoms with van der Waals surface area (Å²) < 4.78 is 26.4. The molecule has 10 nitrogen and oxygen atoms in total. The van der Waals surface area contributed by atoms with Crippen molar-refractivity contribution in [1.82, 2.24) is 10.6 Å². The van der Waals surface area contributed by atoms with E-state index in [1.165, 1.54) is 14.2 Å². The van der Waals surface area contributed by atoms with Crippen LogP contribution in [0.15, 0.2) is 53.7 Å². The number of aryl methyl sites for hydroxylation is 1. The van der Waals surface area contributed by atoms with Crippen molar-refractivity contribution in [3.63, 3.8) is 0 Å². The molecule has 2 aromatic carbocycles. The number of methoxy groups -OCH3 is 2. The van der Waals surface area contributed by atoms with E-state index < -0.39 is 30.6 Å². The number of urea groups is 1. The standard InChI is InChI=1S/C25H28N2O8/c1-5-33-24(29)22-18(26-25(30)27-23(22)16-7-9-17(31-3)10-8-16)13-35-21(28)14-34-19-11-6-15(2)12-20(19)32-4/h6-12,23H,5,13-14H2,1-4H3,(H2,26,27,30). The molecule has 2 aromatic rings. The van der Waals surface area contributed by atoms with Gasteiger partial charge in [-0.15, -0.1) is 0 Å². The van der Waals surface area contributed by atoms with Crippen LogP contribution in [0.5, 0.6) is 17.2 Å². The Kier molecular flexibility index (Phi) is 8.55. The molecule has 0 saturated carbocycles. The van der Waals surface area contributed by atoms with E-state index in [0.29, 0.717) is 22.8 Å². The van der Waals surface area contributed by atoms with E-state index in [4.69, 9.17) is 23.7 Å². The third-order valence-electron chi connectivity index (χ3n) is 5.14. The second-order valence-corrected chi connectivity index (χ2v) is 7.52. The summed E-state index contributed by atoms with van der Waals surface area (Å²) in [5.74, 6) is 0.147. The Bertz CT molecular complexity index is 1110.